The quantitative estimate of drug-likeness (QED) is 0.766. The molecule has 0 radical (unpaired) electrons. The first-order valence-corrected chi connectivity index (χ1v) is 9.13. The predicted octanol–water partition coefficient (Wildman–Crippen LogP) is 2.88. The highest BCUT2D eigenvalue weighted by atomic mass is 16.5. The van der Waals surface area contributed by atoms with Crippen LogP contribution in [0.2, 0.25) is 0 Å². The van der Waals surface area contributed by atoms with Gasteiger partial charge in [-0.1, -0.05) is 48.8 Å². The van der Waals surface area contributed by atoms with Gasteiger partial charge in [-0.2, -0.15) is 0 Å². The number of likely N-dealkylation sites (tertiary alicyclic amines) is 1. The normalized spacial score (nSPS) is 14.2. The maximum absolute atomic E-state index is 12.9. The standard InChI is InChI=1S/C20H25N3O3/c1-3-4-10-22(12-16-8-6-5-7-9-16)19(24)17-13-23(14-17)20(25)18-11-15(2)26-21-18/h5-9,11,17H,3-4,10,12-14H2,1-2H3. The molecule has 0 spiro atoms. The Morgan fingerprint density at radius 3 is 2.62 bits per heavy atom. The summed E-state index contributed by atoms with van der Waals surface area (Å²) in [5.41, 5.74) is 1.43. The van der Waals surface area contributed by atoms with Gasteiger partial charge >= 0.3 is 0 Å². The van der Waals surface area contributed by atoms with E-state index in [1.807, 2.05) is 35.2 Å². The second-order valence-corrected chi connectivity index (χ2v) is 6.83. The smallest absolute Gasteiger partial charge is 0.276 e. The molecule has 0 atom stereocenters. The Kier molecular flexibility index (Phi) is 5.71. The predicted molar refractivity (Wildman–Crippen MR) is 97.4 cm³/mol. The van der Waals surface area contributed by atoms with Crippen molar-refractivity contribution in [2.24, 2.45) is 5.92 Å². The first-order chi connectivity index (χ1) is 12.6. The molecule has 1 aliphatic heterocycles. The average molecular weight is 355 g/mol. The van der Waals surface area contributed by atoms with Crippen molar-refractivity contribution in [3.8, 4) is 0 Å². The fraction of sp³-hybridized carbons (Fsp3) is 0.450. The Morgan fingerprint density at radius 2 is 2.00 bits per heavy atom. The number of benzene rings is 1. The molecule has 2 aromatic rings. The Hall–Kier alpha value is -2.63. The second kappa shape index (κ2) is 8.17. The maximum atomic E-state index is 12.9. The van der Waals surface area contributed by atoms with E-state index in [1.165, 1.54) is 0 Å². The number of aromatic nitrogens is 1. The summed E-state index contributed by atoms with van der Waals surface area (Å²) in [5.74, 6) is 0.430. The van der Waals surface area contributed by atoms with E-state index in [2.05, 4.69) is 12.1 Å². The molecule has 1 fully saturated rings. The highest BCUT2D eigenvalue weighted by Gasteiger charge is 2.38. The molecule has 1 saturated heterocycles. The summed E-state index contributed by atoms with van der Waals surface area (Å²) >= 11 is 0. The molecule has 138 valence electrons. The van der Waals surface area contributed by atoms with Crippen molar-refractivity contribution in [3.63, 3.8) is 0 Å². The lowest BCUT2D eigenvalue weighted by atomic mass is 9.97. The fourth-order valence-electron chi connectivity index (χ4n) is 3.11. The third-order valence-corrected chi connectivity index (χ3v) is 4.67. The van der Waals surface area contributed by atoms with E-state index >= 15 is 0 Å². The van der Waals surface area contributed by atoms with Crippen molar-refractivity contribution in [1.29, 1.82) is 0 Å². The molecule has 6 nitrogen and oxygen atoms in total. The van der Waals surface area contributed by atoms with Crippen molar-refractivity contribution < 1.29 is 14.1 Å². The van der Waals surface area contributed by atoms with Crippen LogP contribution >= 0.6 is 0 Å². The summed E-state index contributed by atoms with van der Waals surface area (Å²) in [5, 5.41) is 3.76. The van der Waals surface area contributed by atoms with Gasteiger partial charge in [-0.15, -0.1) is 0 Å². The lowest BCUT2D eigenvalue weighted by molar-refractivity contribution is -0.140. The van der Waals surface area contributed by atoms with Gasteiger partial charge in [0.25, 0.3) is 5.91 Å². The summed E-state index contributed by atoms with van der Waals surface area (Å²) < 4.78 is 4.95. The zero-order valence-corrected chi connectivity index (χ0v) is 15.4. The van der Waals surface area contributed by atoms with Crippen LogP contribution < -0.4 is 0 Å². The second-order valence-electron chi connectivity index (χ2n) is 6.83. The van der Waals surface area contributed by atoms with Gasteiger partial charge in [0.05, 0.1) is 5.92 Å². The highest BCUT2D eigenvalue weighted by molar-refractivity contribution is 5.94. The molecular formula is C20H25N3O3. The van der Waals surface area contributed by atoms with Crippen molar-refractivity contribution in [2.45, 2.75) is 33.2 Å². The molecule has 1 aromatic carbocycles. The van der Waals surface area contributed by atoms with Gasteiger partial charge in [0.15, 0.2) is 5.69 Å². The minimum Gasteiger partial charge on any atom is -0.361 e. The summed E-state index contributed by atoms with van der Waals surface area (Å²) in [4.78, 5) is 28.8. The number of hydrogen-bond donors (Lipinski definition) is 0. The summed E-state index contributed by atoms with van der Waals surface area (Å²) in [6.07, 6.45) is 2.02. The van der Waals surface area contributed by atoms with Crippen LogP contribution in [-0.4, -0.2) is 46.4 Å². The number of amides is 2. The third kappa shape index (κ3) is 4.12. The Labute approximate surface area is 153 Å². The molecule has 0 N–H and O–H groups in total. The van der Waals surface area contributed by atoms with Gasteiger partial charge in [0, 0.05) is 32.2 Å². The summed E-state index contributed by atoms with van der Waals surface area (Å²) in [7, 11) is 0. The fourth-order valence-corrected chi connectivity index (χ4v) is 3.11. The van der Waals surface area contributed by atoms with E-state index in [9.17, 15) is 9.59 Å². The topological polar surface area (TPSA) is 66.7 Å². The summed E-state index contributed by atoms with van der Waals surface area (Å²) in [6.45, 7) is 6.13. The van der Waals surface area contributed by atoms with Crippen LogP contribution in [0.3, 0.4) is 0 Å². The third-order valence-electron chi connectivity index (χ3n) is 4.67. The van der Waals surface area contributed by atoms with E-state index in [0.717, 1.165) is 24.9 Å². The number of unbranched alkanes of at least 4 members (excludes halogenated alkanes) is 1. The molecule has 0 saturated carbocycles. The molecule has 2 heterocycles. The van der Waals surface area contributed by atoms with E-state index < -0.39 is 0 Å². The van der Waals surface area contributed by atoms with Gasteiger partial charge in [-0.25, -0.2) is 0 Å². The zero-order valence-electron chi connectivity index (χ0n) is 15.4. The van der Waals surface area contributed by atoms with Crippen LogP contribution in [0.25, 0.3) is 0 Å². The van der Waals surface area contributed by atoms with Crippen molar-refractivity contribution in [1.82, 2.24) is 15.0 Å². The van der Waals surface area contributed by atoms with Gasteiger partial charge in [0.1, 0.15) is 5.76 Å². The number of nitrogens with zero attached hydrogens (tertiary/aromatic N) is 3. The van der Waals surface area contributed by atoms with Crippen LogP contribution in [0.15, 0.2) is 40.9 Å². The molecule has 1 aliphatic rings. The van der Waals surface area contributed by atoms with E-state index in [-0.39, 0.29) is 17.7 Å². The molecule has 0 unspecified atom stereocenters. The minimum atomic E-state index is -0.172. The molecule has 1 aromatic heterocycles. The zero-order chi connectivity index (χ0) is 18.5. The lowest BCUT2D eigenvalue weighted by Gasteiger charge is -2.40. The van der Waals surface area contributed by atoms with Crippen LogP contribution in [0, 0.1) is 12.8 Å². The molecule has 2 amide bonds. The molecule has 0 bridgehead atoms. The number of carbonyl (C=O) groups is 2. The van der Waals surface area contributed by atoms with Crippen molar-refractivity contribution in [3.05, 3.63) is 53.4 Å². The molecule has 0 aliphatic carbocycles. The Morgan fingerprint density at radius 1 is 1.27 bits per heavy atom. The lowest BCUT2D eigenvalue weighted by Crippen LogP contribution is -2.56. The van der Waals surface area contributed by atoms with Crippen LogP contribution in [0.5, 0.6) is 0 Å². The Bertz CT molecular complexity index is 751. The van der Waals surface area contributed by atoms with Gasteiger partial charge < -0.3 is 14.3 Å². The Balaban J connectivity index is 1.58. The highest BCUT2D eigenvalue weighted by Crippen LogP contribution is 2.22. The first kappa shape index (κ1) is 18.2. The van der Waals surface area contributed by atoms with E-state index in [0.29, 0.717) is 31.1 Å². The van der Waals surface area contributed by atoms with Gasteiger partial charge in [-0.3, -0.25) is 9.59 Å². The summed E-state index contributed by atoms with van der Waals surface area (Å²) in [6, 6.07) is 11.7. The number of rotatable bonds is 7. The largest absolute Gasteiger partial charge is 0.361 e. The van der Waals surface area contributed by atoms with E-state index in [1.54, 1.807) is 17.9 Å². The van der Waals surface area contributed by atoms with Crippen LogP contribution in [0.1, 0.15) is 41.6 Å². The van der Waals surface area contributed by atoms with Gasteiger partial charge in [0.2, 0.25) is 5.91 Å². The first-order valence-electron chi connectivity index (χ1n) is 9.13. The van der Waals surface area contributed by atoms with Crippen molar-refractivity contribution >= 4 is 11.8 Å². The molecule has 6 heteroatoms. The number of carbonyl (C=O) groups excluding carboxylic acids is 2. The van der Waals surface area contributed by atoms with Crippen LogP contribution in [-0.2, 0) is 11.3 Å². The minimum absolute atomic E-state index is 0.127. The SMILES string of the molecule is CCCCN(Cc1ccccc1)C(=O)C1CN(C(=O)c2cc(C)on2)C1. The maximum Gasteiger partial charge on any atom is 0.276 e. The monoisotopic (exact) mass is 355 g/mol. The molecule has 3 rings (SSSR count). The molecule has 26 heavy (non-hydrogen) atoms. The number of aryl methyl sites for hydroxylation is 1. The average Bonchev–Trinajstić information content (AvgIpc) is 3.04. The van der Waals surface area contributed by atoms with Crippen LogP contribution in [0.4, 0.5) is 0 Å². The van der Waals surface area contributed by atoms with E-state index in [4.69, 9.17) is 4.52 Å². The van der Waals surface area contributed by atoms with Crippen molar-refractivity contribution in [2.75, 3.05) is 19.6 Å². The van der Waals surface area contributed by atoms with Gasteiger partial charge in [-0.05, 0) is 18.9 Å². The number of hydrogen-bond acceptors (Lipinski definition) is 4. The molecular weight excluding hydrogens is 330 g/mol.